The van der Waals surface area contributed by atoms with Gasteiger partial charge in [-0.15, -0.1) is 0 Å². The van der Waals surface area contributed by atoms with Crippen LogP contribution in [-0.4, -0.2) is 16.3 Å². The van der Waals surface area contributed by atoms with Gasteiger partial charge in [0.25, 0.3) is 6.33 Å². The van der Waals surface area contributed by atoms with E-state index in [4.69, 9.17) is 9.72 Å². The minimum Gasteiger partial charge on any atom is -0.457 e. The molecule has 1 aliphatic rings. The molecule has 444 valence electrons. The van der Waals surface area contributed by atoms with Crippen LogP contribution in [-0.2, 0) is 32.5 Å². The van der Waals surface area contributed by atoms with Crippen molar-refractivity contribution in [2.24, 2.45) is 0 Å². The number of benzene rings is 8. The molecule has 0 unspecified atom stereocenters. The summed E-state index contributed by atoms with van der Waals surface area (Å²) in [7, 11) is 0. The van der Waals surface area contributed by atoms with Crippen molar-refractivity contribution in [3.05, 3.63) is 226 Å². The third-order valence-corrected chi connectivity index (χ3v) is 18.0. The summed E-state index contributed by atoms with van der Waals surface area (Å²) < 4.78 is 12.0. The maximum atomic E-state index is 7.15. The molecule has 0 aliphatic carbocycles. The molecule has 8 aromatic carbocycles. The average Bonchev–Trinajstić information content (AvgIpc) is 1.98. The normalized spacial score (nSPS) is 13.3. The maximum absolute atomic E-state index is 7.15. The van der Waals surface area contributed by atoms with Crippen molar-refractivity contribution in [3.8, 4) is 45.1 Å². The zero-order valence-electron chi connectivity index (χ0n) is 56.0. The van der Waals surface area contributed by atoms with Crippen molar-refractivity contribution < 1.29 is 9.30 Å². The van der Waals surface area contributed by atoms with Crippen molar-refractivity contribution in [2.75, 3.05) is 4.90 Å². The van der Waals surface area contributed by atoms with Crippen molar-refractivity contribution in [2.45, 2.75) is 178 Å². The van der Waals surface area contributed by atoms with Gasteiger partial charge in [0, 0.05) is 40.8 Å². The number of rotatable bonds is 8. The van der Waals surface area contributed by atoms with E-state index in [1.807, 2.05) is 6.20 Å². The van der Waals surface area contributed by atoms with Gasteiger partial charge < -0.3 is 4.74 Å². The number of hydrogen-bond donors (Lipinski definition) is 0. The molecule has 0 saturated heterocycles. The predicted octanol–water partition coefficient (Wildman–Crippen LogP) is 19.4. The number of para-hydroxylation sites is 3. The molecule has 0 fully saturated rings. The molecule has 5 nitrogen and oxygen atoms in total. The minimum absolute atomic E-state index is 0.00147. The van der Waals surface area contributed by atoms with E-state index in [1.165, 1.54) is 88.7 Å². The zero-order chi connectivity index (χ0) is 62.7. The van der Waals surface area contributed by atoms with Crippen LogP contribution in [0.3, 0.4) is 0 Å². The average molecular weight is 1150 g/mol. The van der Waals surface area contributed by atoms with Gasteiger partial charge in [-0.2, -0.15) is 9.13 Å². The first-order chi connectivity index (χ1) is 40.6. The Morgan fingerprint density at radius 1 is 0.425 bits per heavy atom. The molecular formula is C81H92BN4O+. The Hall–Kier alpha value is -7.96. The Morgan fingerprint density at radius 2 is 0.920 bits per heavy atom. The Labute approximate surface area is 521 Å². The van der Waals surface area contributed by atoms with Gasteiger partial charge in [0.05, 0.1) is 0 Å². The molecule has 0 atom stereocenters. The molecule has 2 aromatic heterocycles. The number of aryl methyl sites for hydroxylation is 3. The van der Waals surface area contributed by atoms with E-state index in [2.05, 4.69) is 330 Å². The quantitative estimate of drug-likeness (QED) is 0.112. The highest BCUT2D eigenvalue weighted by Gasteiger charge is 2.38. The van der Waals surface area contributed by atoms with Crippen LogP contribution in [0, 0.1) is 20.8 Å². The van der Waals surface area contributed by atoms with Crippen molar-refractivity contribution in [3.63, 3.8) is 0 Å². The SMILES string of the molecule is Cc1cc(C)c(B2c3ccccc3N(c3cc(C(C)(C)C)ccn3)c3cc(Oc4cccc(-n5c[n+](-c6c(-c7cc(C(C)(C)C)cc(C(C)(C)C)c7)cc(C(C)(C)C)cc6-c6cc(C(C)(C)C)cc(C(C)(C)C)c6)c6ccccc65)c4)ccc32)c(C)c1. The molecular weight excluding hydrogens is 1060 g/mol. The van der Waals surface area contributed by atoms with Gasteiger partial charge in [0.15, 0.2) is 11.0 Å². The van der Waals surface area contributed by atoms with Crippen molar-refractivity contribution in [1.82, 2.24) is 9.55 Å². The number of ether oxygens (including phenoxy) is 1. The highest BCUT2D eigenvalue weighted by Crippen LogP contribution is 2.45. The van der Waals surface area contributed by atoms with Crippen LogP contribution < -0.4 is 30.6 Å². The molecule has 6 heteroatoms. The van der Waals surface area contributed by atoms with Crippen LogP contribution in [0.1, 0.15) is 175 Å². The second-order valence-electron chi connectivity index (χ2n) is 31.2. The van der Waals surface area contributed by atoms with Gasteiger partial charge in [0.2, 0.25) is 6.71 Å². The first kappa shape index (κ1) is 60.7. The van der Waals surface area contributed by atoms with Crippen molar-refractivity contribution in [1.29, 1.82) is 0 Å². The topological polar surface area (TPSA) is 34.2 Å². The van der Waals surface area contributed by atoms with Gasteiger partial charge >= 0.3 is 0 Å². The van der Waals surface area contributed by atoms with E-state index >= 15 is 0 Å². The standard InChI is InChI=1S/C81H92BN4O/c1-51-37-52(2)74(53(3)38-51)82-67-29-22-23-30-69(67)86(73-47-56(35-36-83-73)76(4,5)6)72-49-64(33-34-68(72)82)87-63-28-26-27-62(48-63)84-50-85(71-32-25-24-31-70(71)84)75-65(54-39-57(77(7,8)9)43-58(40-54)78(10,11)12)45-61(81(19,20)21)46-66(75)55-41-59(79(13,14)15)44-60(42-55)80(16,17)18/h22-50H,1-21H3/q+1. The minimum atomic E-state index is -0.153. The van der Waals surface area contributed by atoms with Crippen LogP contribution in [0.5, 0.6) is 11.5 Å². The summed E-state index contributed by atoms with van der Waals surface area (Å²) >= 11 is 0. The van der Waals surface area contributed by atoms with Gasteiger partial charge in [0.1, 0.15) is 28.7 Å². The fourth-order valence-electron chi connectivity index (χ4n) is 12.9. The van der Waals surface area contributed by atoms with E-state index < -0.39 is 0 Å². The van der Waals surface area contributed by atoms with Crippen molar-refractivity contribution >= 4 is 51.3 Å². The molecule has 1 aliphatic heterocycles. The summed E-state index contributed by atoms with van der Waals surface area (Å²) in [5.41, 5.74) is 26.3. The maximum Gasteiger partial charge on any atom is 0.255 e. The van der Waals surface area contributed by atoms with E-state index in [1.54, 1.807) is 0 Å². The number of fused-ring (bicyclic) bond motifs is 3. The Morgan fingerprint density at radius 3 is 1.47 bits per heavy atom. The Bertz CT molecular complexity index is 4120. The number of imidazole rings is 1. The largest absolute Gasteiger partial charge is 0.457 e. The number of aromatic nitrogens is 3. The van der Waals surface area contributed by atoms with Crippen LogP contribution >= 0.6 is 0 Å². The molecule has 0 radical (unpaired) electrons. The van der Waals surface area contributed by atoms with E-state index in [-0.39, 0.29) is 39.2 Å². The summed E-state index contributed by atoms with van der Waals surface area (Å²) in [6, 6.07) is 61.9. The van der Waals surface area contributed by atoms with Crippen LogP contribution in [0.25, 0.3) is 44.7 Å². The molecule has 0 saturated carbocycles. The molecule has 11 rings (SSSR count). The molecule has 3 heterocycles. The third kappa shape index (κ3) is 11.9. The lowest BCUT2D eigenvalue weighted by molar-refractivity contribution is -0.566. The highest BCUT2D eigenvalue weighted by molar-refractivity contribution is 6.98. The Balaban J connectivity index is 1.12. The molecule has 0 bridgehead atoms. The fourth-order valence-corrected chi connectivity index (χ4v) is 12.9. The van der Waals surface area contributed by atoms with E-state index in [0.717, 1.165) is 51.1 Å². The Kier molecular flexibility index (Phi) is 15.2. The number of anilines is 3. The number of hydrogen-bond acceptors (Lipinski definition) is 3. The predicted molar refractivity (Wildman–Crippen MR) is 372 cm³/mol. The molecule has 87 heavy (non-hydrogen) atoms. The third-order valence-electron chi connectivity index (χ3n) is 18.0. The summed E-state index contributed by atoms with van der Waals surface area (Å²) in [6.45, 7) is 48.7. The van der Waals surface area contributed by atoms with Gasteiger partial charge in [-0.05, 0) is 169 Å². The van der Waals surface area contributed by atoms with Crippen LogP contribution in [0.15, 0.2) is 176 Å². The highest BCUT2D eigenvalue weighted by atomic mass is 16.5. The molecule has 10 aromatic rings. The smallest absolute Gasteiger partial charge is 0.255 e. The van der Waals surface area contributed by atoms with Crippen LogP contribution in [0.4, 0.5) is 17.2 Å². The number of pyridine rings is 1. The molecule has 0 N–H and O–H groups in total. The monoisotopic (exact) mass is 1150 g/mol. The summed E-state index contributed by atoms with van der Waals surface area (Å²) in [5, 5.41) is 0. The zero-order valence-corrected chi connectivity index (χ0v) is 56.0. The van der Waals surface area contributed by atoms with Gasteiger partial charge in [-0.3, -0.25) is 4.90 Å². The lowest BCUT2D eigenvalue weighted by Gasteiger charge is -2.37. The van der Waals surface area contributed by atoms with E-state index in [0.29, 0.717) is 0 Å². The lowest BCUT2D eigenvalue weighted by Crippen LogP contribution is -2.58. The van der Waals surface area contributed by atoms with E-state index in [9.17, 15) is 0 Å². The first-order valence-electron chi connectivity index (χ1n) is 31.5. The molecule has 0 amide bonds. The summed E-state index contributed by atoms with van der Waals surface area (Å²) in [6.07, 6.45) is 4.28. The molecule has 0 spiro atoms. The second-order valence-corrected chi connectivity index (χ2v) is 31.2. The summed E-state index contributed by atoms with van der Waals surface area (Å²) in [5.74, 6) is 2.37. The van der Waals surface area contributed by atoms with Crippen LogP contribution in [0.2, 0.25) is 0 Å². The first-order valence-corrected chi connectivity index (χ1v) is 31.5. The second kappa shape index (κ2) is 21.7. The number of nitrogens with zero attached hydrogens (tertiary/aromatic N) is 4. The van der Waals surface area contributed by atoms with Gasteiger partial charge in [-0.1, -0.05) is 238 Å². The summed E-state index contributed by atoms with van der Waals surface area (Å²) in [4.78, 5) is 7.47. The van der Waals surface area contributed by atoms with Gasteiger partial charge in [-0.25, -0.2) is 4.98 Å². The fraction of sp³-hybridized carbons (Fsp3) is 0.333. The lowest BCUT2D eigenvalue weighted by atomic mass is 9.34.